The minimum atomic E-state index is -0.256. The van der Waals surface area contributed by atoms with Crippen LogP contribution < -0.4 is 5.56 Å². The van der Waals surface area contributed by atoms with Crippen molar-refractivity contribution in [3.63, 3.8) is 0 Å². The van der Waals surface area contributed by atoms with E-state index in [0.717, 1.165) is 23.4 Å². The molecule has 0 amide bonds. The van der Waals surface area contributed by atoms with E-state index in [-0.39, 0.29) is 11.3 Å². The van der Waals surface area contributed by atoms with Gasteiger partial charge in [0.1, 0.15) is 0 Å². The molecule has 3 aromatic rings. The van der Waals surface area contributed by atoms with Crippen LogP contribution in [0.25, 0.3) is 21.5 Å². The van der Waals surface area contributed by atoms with Gasteiger partial charge in [-0.25, -0.2) is 9.97 Å². The molecule has 4 rings (SSSR count). The summed E-state index contributed by atoms with van der Waals surface area (Å²) in [6, 6.07) is 3.85. The summed E-state index contributed by atoms with van der Waals surface area (Å²) in [7, 11) is 0. The number of nitrogens with zero attached hydrogens (tertiary/aromatic N) is 2. The number of thioether (sulfide) groups is 1. The van der Waals surface area contributed by atoms with Crippen LogP contribution >= 0.6 is 23.1 Å². The second-order valence-corrected chi connectivity index (χ2v) is 7.69. The standard InChI is InChI=1S/C18H15N3O2S2/c1-2-8-25-18-20-16-15(17(23)21-18)14(12-7-4-9-24-12)13-10(19-16)5-3-6-11(13)22/h2,4,7,9H,1,3,5-6,8H2,(H,19,20,21,23). The van der Waals surface area contributed by atoms with Gasteiger partial charge in [-0.2, -0.15) is 0 Å². The largest absolute Gasteiger partial charge is 0.301 e. The Morgan fingerprint density at radius 1 is 1.28 bits per heavy atom. The predicted molar refractivity (Wildman–Crippen MR) is 102 cm³/mol. The molecular weight excluding hydrogens is 354 g/mol. The molecule has 0 spiro atoms. The maximum Gasteiger partial charge on any atom is 0.261 e. The normalized spacial score (nSPS) is 13.8. The summed E-state index contributed by atoms with van der Waals surface area (Å²) >= 11 is 2.92. The first-order valence-corrected chi connectivity index (χ1v) is 9.83. The Morgan fingerprint density at radius 3 is 2.92 bits per heavy atom. The predicted octanol–water partition coefficient (Wildman–Crippen LogP) is 3.84. The number of Topliss-reactive ketones (excluding diaryl/α,β-unsaturated/α-hetero) is 1. The van der Waals surface area contributed by atoms with Gasteiger partial charge >= 0.3 is 0 Å². The van der Waals surface area contributed by atoms with E-state index in [9.17, 15) is 9.59 Å². The molecular formula is C18H15N3O2S2. The van der Waals surface area contributed by atoms with Crippen molar-refractivity contribution in [3.8, 4) is 10.4 Å². The van der Waals surface area contributed by atoms with Crippen LogP contribution in [0.1, 0.15) is 28.9 Å². The first-order chi connectivity index (χ1) is 12.2. The van der Waals surface area contributed by atoms with Gasteiger partial charge in [-0.1, -0.05) is 23.9 Å². The fourth-order valence-corrected chi connectivity index (χ4v) is 4.47. The Bertz CT molecular complexity index is 1040. The van der Waals surface area contributed by atoms with Gasteiger partial charge in [0.2, 0.25) is 0 Å². The van der Waals surface area contributed by atoms with E-state index < -0.39 is 0 Å². The van der Waals surface area contributed by atoms with Crippen molar-refractivity contribution in [2.24, 2.45) is 0 Å². The molecule has 1 aliphatic rings. The molecule has 0 radical (unpaired) electrons. The lowest BCUT2D eigenvalue weighted by Crippen LogP contribution is -2.19. The average molecular weight is 369 g/mol. The van der Waals surface area contributed by atoms with Crippen molar-refractivity contribution in [2.75, 3.05) is 5.75 Å². The molecule has 7 heteroatoms. The molecule has 0 aliphatic heterocycles. The number of hydrogen-bond donors (Lipinski definition) is 1. The van der Waals surface area contributed by atoms with Crippen LogP contribution in [0, 0.1) is 0 Å². The summed E-state index contributed by atoms with van der Waals surface area (Å²) < 4.78 is 0. The van der Waals surface area contributed by atoms with Gasteiger partial charge in [-0.05, 0) is 24.3 Å². The van der Waals surface area contributed by atoms with Crippen LogP contribution in [0.2, 0.25) is 0 Å². The Kier molecular flexibility index (Phi) is 4.27. The fourth-order valence-electron chi connectivity index (χ4n) is 3.10. The number of carbonyl (C=O) groups excluding carboxylic acids is 1. The van der Waals surface area contributed by atoms with Crippen molar-refractivity contribution in [2.45, 2.75) is 24.4 Å². The third-order valence-electron chi connectivity index (χ3n) is 4.11. The molecule has 3 heterocycles. The van der Waals surface area contributed by atoms with Crippen LogP contribution in [0.3, 0.4) is 0 Å². The number of pyridine rings is 1. The first-order valence-electron chi connectivity index (χ1n) is 7.96. The van der Waals surface area contributed by atoms with Gasteiger partial charge in [0.05, 0.1) is 11.1 Å². The average Bonchev–Trinajstić information content (AvgIpc) is 3.12. The highest BCUT2D eigenvalue weighted by Gasteiger charge is 2.27. The lowest BCUT2D eigenvalue weighted by Gasteiger charge is -2.18. The summed E-state index contributed by atoms with van der Waals surface area (Å²) in [6.07, 6.45) is 3.77. The molecule has 3 aromatic heterocycles. The highest BCUT2D eigenvalue weighted by Crippen LogP contribution is 2.37. The first kappa shape index (κ1) is 16.2. The molecule has 0 bridgehead atoms. The number of nitrogens with one attached hydrogen (secondary N) is 1. The Balaban J connectivity index is 2.07. The third-order valence-corrected chi connectivity index (χ3v) is 5.87. The zero-order valence-corrected chi connectivity index (χ0v) is 15.0. The number of ketones is 1. The van der Waals surface area contributed by atoms with Crippen molar-refractivity contribution in [1.82, 2.24) is 15.0 Å². The summed E-state index contributed by atoms with van der Waals surface area (Å²) in [4.78, 5) is 38.2. The number of thiophene rings is 1. The molecule has 0 aromatic carbocycles. The van der Waals surface area contributed by atoms with Crippen LogP contribution in [-0.2, 0) is 6.42 Å². The summed E-state index contributed by atoms with van der Waals surface area (Å²) in [5.41, 5.74) is 2.19. The Labute approximate surface area is 152 Å². The lowest BCUT2D eigenvalue weighted by atomic mass is 9.89. The van der Waals surface area contributed by atoms with Gasteiger partial charge in [-0.3, -0.25) is 9.59 Å². The van der Waals surface area contributed by atoms with E-state index in [1.807, 2.05) is 17.5 Å². The molecule has 0 fully saturated rings. The van der Waals surface area contributed by atoms with E-state index in [4.69, 9.17) is 0 Å². The van der Waals surface area contributed by atoms with Crippen LogP contribution in [-0.4, -0.2) is 26.5 Å². The second kappa shape index (κ2) is 6.57. The van der Waals surface area contributed by atoms with Crippen molar-refractivity contribution in [1.29, 1.82) is 0 Å². The molecule has 1 N–H and O–H groups in total. The van der Waals surface area contributed by atoms with Gasteiger partial charge in [-0.15, -0.1) is 17.9 Å². The summed E-state index contributed by atoms with van der Waals surface area (Å²) in [5.74, 6) is 0.707. The SMILES string of the molecule is C=CCSc1nc2nc3c(c(-c4cccs4)c2c(=O)[nH]1)C(=O)CCC3. The highest BCUT2D eigenvalue weighted by atomic mass is 32.2. The van der Waals surface area contributed by atoms with Crippen LogP contribution in [0.4, 0.5) is 0 Å². The highest BCUT2D eigenvalue weighted by molar-refractivity contribution is 7.99. The monoisotopic (exact) mass is 369 g/mol. The molecule has 126 valence electrons. The number of fused-ring (bicyclic) bond motifs is 2. The summed E-state index contributed by atoms with van der Waals surface area (Å²) in [5, 5.41) is 2.86. The molecule has 25 heavy (non-hydrogen) atoms. The number of aromatic amines is 1. The number of carbonyl (C=O) groups is 1. The zero-order valence-electron chi connectivity index (χ0n) is 13.4. The molecule has 0 atom stereocenters. The zero-order chi connectivity index (χ0) is 17.4. The van der Waals surface area contributed by atoms with Crippen molar-refractivity contribution < 1.29 is 4.79 Å². The number of rotatable bonds is 4. The second-order valence-electron chi connectivity index (χ2n) is 5.73. The Morgan fingerprint density at radius 2 is 2.16 bits per heavy atom. The topological polar surface area (TPSA) is 75.7 Å². The molecule has 1 aliphatic carbocycles. The quantitative estimate of drug-likeness (QED) is 0.429. The fraction of sp³-hybridized carbons (Fsp3) is 0.222. The van der Waals surface area contributed by atoms with E-state index in [1.54, 1.807) is 6.08 Å². The van der Waals surface area contributed by atoms with Crippen LogP contribution in [0.5, 0.6) is 0 Å². The number of aromatic nitrogens is 3. The van der Waals surface area contributed by atoms with Gasteiger partial charge in [0.25, 0.3) is 5.56 Å². The summed E-state index contributed by atoms with van der Waals surface area (Å²) in [6.45, 7) is 3.68. The van der Waals surface area contributed by atoms with Gasteiger partial charge in [0.15, 0.2) is 16.6 Å². The number of H-pyrrole nitrogens is 1. The number of hydrogen-bond acceptors (Lipinski definition) is 6. The van der Waals surface area contributed by atoms with Gasteiger partial charge in [0, 0.05) is 28.2 Å². The molecule has 5 nitrogen and oxygen atoms in total. The van der Waals surface area contributed by atoms with Gasteiger partial charge < -0.3 is 4.98 Å². The number of aryl methyl sites for hydroxylation is 1. The third kappa shape index (κ3) is 2.83. The maximum absolute atomic E-state index is 12.8. The molecule has 0 saturated carbocycles. The van der Waals surface area contributed by atoms with Crippen molar-refractivity contribution >= 4 is 39.9 Å². The molecule has 0 unspecified atom stereocenters. The van der Waals surface area contributed by atoms with Crippen LogP contribution in [0.15, 0.2) is 40.1 Å². The Hall–Kier alpha value is -2.25. The van der Waals surface area contributed by atoms with Crippen molar-refractivity contribution in [3.05, 3.63) is 51.8 Å². The van der Waals surface area contributed by atoms with E-state index >= 15 is 0 Å². The van der Waals surface area contributed by atoms with E-state index in [2.05, 4.69) is 21.5 Å². The lowest BCUT2D eigenvalue weighted by molar-refractivity contribution is 0.0972. The molecule has 0 saturated heterocycles. The van der Waals surface area contributed by atoms with E-state index in [0.29, 0.717) is 39.5 Å². The minimum Gasteiger partial charge on any atom is -0.301 e. The maximum atomic E-state index is 12.8. The smallest absolute Gasteiger partial charge is 0.261 e. The minimum absolute atomic E-state index is 0.0589. The van der Waals surface area contributed by atoms with E-state index in [1.165, 1.54) is 23.1 Å².